The topological polar surface area (TPSA) is 43.1 Å². The fraction of sp³-hybridized carbons (Fsp3) is 0.417. The first-order valence-electron chi connectivity index (χ1n) is 4.99. The van der Waals surface area contributed by atoms with Crippen molar-refractivity contribution in [1.29, 1.82) is 0 Å². The second kappa shape index (κ2) is 6.59. The molecule has 0 saturated heterocycles. The number of Topliss-reactive ketones (excluding diaryl/α,β-unsaturated/α-hetero) is 1. The van der Waals surface area contributed by atoms with E-state index < -0.39 is 0 Å². The second-order valence-electron chi connectivity index (χ2n) is 3.63. The number of benzene rings is 1. The molecule has 0 aliphatic heterocycles. The summed E-state index contributed by atoms with van der Waals surface area (Å²) < 4.78 is 0. The van der Waals surface area contributed by atoms with Crippen LogP contribution in [0.2, 0.25) is 0 Å². The molecule has 1 rings (SSSR count). The average molecular weight is 228 g/mol. The highest BCUT2D eigenvalue weighted by molar-refractivity contribution is 5.93. The van der Waals surface area contributed by atoms with Gasteiger partial charge in [0.2, 0.25) is 0 Å². The number of hydrogen-bond donors (Lipinski definition) is 1. The van der Waals surface area contributed by atoms with Gasteiger partial charge in [-0.1, -0.05) is 31.2 Å². The lowest BCUT2D eigenvalue weighted by Crippen LogP contribution is -2.21. The number of rotatable bonds is 4. The second-order valence-corrected chi connectivity index (χ2v) is 3.63. The minimum absolute atomic E-state index is 0. The molecule has 0 fully saturated rings. The highest BCUT2D eigenvalue weighted by atomic mass is 35.5. The normalized spacial score (nSPS) is 11.7. The van der Waals surface area contributed by atoms with E-state index in [9.17, 15) is 4.79 Å². The Hall–Kier alpha value is -0.860. The zero-order chi connectivity index (χ0) is 10.6. The van der Waals surface area contributed by atoms with Crippen molar-refractivity contribution in [2.45, 2.75) is 32.7 Å². The molecule has 0 saturated carbocycles. The number of carbonyl (C=O) groups is 1. The summed E-state index contributed by atoms with van der Waals surface area (Å²) in [6, 6.07) is 7.90. The molecule has 84 valence electrons. The van der Waals surface area contributed by atoms with Gasteiger partial charge in [0.05, 0.1) is 0 Å². The summed E-state index contributed by atoms with van der Waals surface area (Å²) in [6.07, 6.45) is 1.86. The average Bonchev–Trinajstić information content (AvgIpc) is 2.18. The van der Waals surface area contributed by atoms with Crippen molar-refractivity contribution in [2.75, 3.05) is 0 Å². The minimum Gasteiger partial charge on any atom is -0.327 e. The van der Waals surface area contributed by atoms with Crippen molar-refractivity contribution in [1.82, 2.24) is 0 Å². The Morgan fingerprint density at radius 3 is 2.27 bits per heavy atom. The molecule has 1 aromatic rings. The van der Waals surface area contributed by atoms with E-state index in [2.05, 4.69) is 6.92 Å². The SMILES string of the molecule is CCC(N)Cc1ccc(C(C)=O)cc1.Cl. The van der Waals surface area contributed by atoms with E-state index in [4.69, 9.17) is 5.73 Å². The number of ketones is 1. The minimum atomic E-state index is 0. The summed E-state index contributed by atoms with van der Waals surface area (Å²) in [5.74, 6) is 0.108. The molecule has 1 atom stereocenters. The van der Waals surface area contributed by atoms with E-state index in [0.29, 0.717) is 0 Å². The van der Waals surface area contributed by atoms with Gasteiger partial charge in [-0.2, -0.15) is 0 Å². The zero-order valence-corrected chi connectivity index (χ0v) is 10.0. The molecule has 3 heteroatoms. The largest absolute Gasteiger partial charge is 0.327 e. The Morgan fingerprint density at radius 1 is 1.33 bits per heavy atom. The van der Waals surface area contributed by atoms with Gasteiger partial charge in [0.15, 0.2) is 5.78 Å². The van der Waals surface area contributed by atoms with Gasteiger partial charge >= 0.3 is 0 Å². The summed E-state index contributed by atoms with van der Waals surface area (Å²) in [5, 5.41) is 0. The van der Waals surface area contributed by atoms with Crippen LogP contribution in [0.5, 0.6) is 0 Å². The Morgan fingerprint density at radius 2 is 1.87 bits per heavy atom. The smallest absolute Gasteiger partial charge is 0.159 e. The Balaban J connectivity index is 0.00000196. The van der Waals surface area contributed by atoms with Gasteiger partial charge in [-0.3, -0.25) is 4.79 Å². The first kappa shape index (κ1) is 14.1. The van der Waals surface area contributed by atoms with Crippen molar-refractivity contribution >= 4 is 18.2 Å². The number of carbonyl (C=O) groups excluding carboxylic acids is 1. The van der Waals surface area contributed by atoms with Crippen LogP contribution in [0.25, 0.3) is 0 Å². The lowest BCUT2D eigenvalue weighted by molar-refractivity contribution is 0.101. The number of hydrogen-bond acceptors (Lipinski definition) is 2. The Kier molecular flexibility index (Phi) is 6.21. The first-order valence-corrected chi connectivity index (χ1v) is 4.99. The molecule has 2 nitrogen and oxygen atoms in total. The van der Waals surface area contributed by atoms with Crippen LogP contribution in [0.3, 0.4) is 0 Å². The van der Waals surface area contributed by atoms with E-state index in [1.807, 2.05) is 24.3 Å². The van der Waals surface area contributed by atoms with Crippen molar-refractivity contribution in [2.24, 2.45) is 5.73 Å². The highest BCUT2D eigenvalue weighted by Gasteiger charge is 2.02. The summed E-state index contributed by atoms with van der Waals surface area (Å²) in [7, 11) is 0. The lowest BCUT2D eigenvalue weighted by Gasteiger charge is -2.08. The van der Waals surface area contributed by atoms with Gasteiger partial charge in [0.1, 0.15) is 0 Å². The molecule has 0 radical (unpaired) electrons. The molecule has 0 bridgehead atoms. The molecular formula is C12H18ClNO. The fourth-order valence-corrected chi connectivity index (χ4v) is 1.32. The first-order chi connectivity index (χ1) is 6.63. The third-order valence-electron chi connectivity index (χ3n) is 2.38. The summed E-state index contributed by atoms with van der Waals surface area (Å²) in [4.78, 5) is 11.0. The van der Waals surface area contributed by atoms with Gasteiger partial charge in [-0.25, -0.2) is 0 Å². The maximum atomic E-state index is 11.0. The van der Waals surface area contributed by atoms with Crippen LogP contribution >= 0.6 is 12.4 Å². The molecule has 0 heterocycles. The van der Waals surface area contributed by atoms with Gasteiger partial charge in [0, 0.05) is 11.6 Å². The Bertz CT molecular complexity index is 308. The monoisotopic (exact) mass is 227 g/mol. The van der Waals surface area contributed by atoms with Crippen molar-refractivity contribution < 1.29 is 4.79 Å². The molecule has 0 spiro atoms. The van der Waals surface area contributed by atoms with Crippen LogP contribution in [-0.4, -0.2) is 11.8 Å². The van der Waals surface area contributed by atoms with Gasteiger partial charge in [-0.05, 0) is 25.3 Å². The van der Waals surface area contributed by atoms with E-state index in [-0.39, 0.29) is 24.2 Å². The number of halogens is 1. The predicted octanol–water partition coefficient (Wildman–Crippen LogP) is 2.59. The summed E-state index contributed by atoms with van der Waals surface area (Å²) >= 11 is 0. The molecule has 15 heavy (non-hydrogen) atoms. The maximum absolute atomic E-state index is 11.0. The van der Waals surface area contributed by atoms with Crippen LogP contribution in [0.15, 0.2) is 24.3 Å². The van der Waals surface area contributed by atoms with E-state index in [1.54, 1.807) is 6.92 Å². The Labute approximate surface area is 97.3 Å². The summed E-state index contributed by atoms with van der Waals surface area (Å²) in [5.41, 5.74) is 7.80. The number of nitrogens with two attached hydrogens (primary N) is 1. The molecule has 2 N–H and O–H groups in total. The predicted molar refractivity (Wildman–Crippen MR) is 65.7 cm³/mol. The van der Waals surface area contributed by atoms with Crippen LogP contribution in [0, 0.1) is 0 Å². The van der Waals surface area contributed by atoms with Gasteiger partial charge in [0.25, 0.3) is 0 Å². The highest BCUT2D eigenvalue weighted by Crippen LogP contribution is 2.07. The molecule has 1 unspecified atom stereocenters. The molecule has 0 aromatic heterocycles. The van der Waals surface area contributed by atoms with Crippen LogP contribution in [0.4, 0.5) is 0 Å². The standard InChI is InChI=1S/C12H17NO.ClH/c1-3-12(13)8-10-4-6-11(7-5-10)9(2)14;/h4-7,12H,3,8,13H2,1-2H3;1H. The quantitative estimate of drug-likeness (QED) is 0.804. The lowest BCUT2D eigenvalue weighted by atomic mass is 10.0. The third-order valence-corrected chi connectivity index (χ3v) is 2.38. The van der Waals surface area contributed by atoms with E-state index in [0.717, 1.165) is 18.4 Å². The van der Waals surface area contributed by atoms with Crippen LogP contribution in [0.1, 0.15) is 36.2 Å². The molecular weight excluding hydrogens is 210 g/mol. The van der Waals surface area contributed by atoms with E-state index in [1.165, 1.54) is 5.56 Å². The third kappa shape index (κ3) is 4.45. The zero-order valence-electron chi connectivity index (χ0n) is 9.19. The molecule has 0 amide bonds. The van der Waals surface area contributed by atoms with Crippen LogP contribution in [-0.2, 0) is 6.42 Å². The van der Waals surface area contributed by atoms with Gasteiger partial charge in [-0.15, -0.1) is 12.4 Å². The molecule has 0 aliphatic carbocycles. The maximum Gasteiger partial charge on any atom is 0.159 e. The fourth-order valence-electron chi connectivity index (χ4n) is 1.32. The van der Waals surface area contributed by atoms with Crippen LogP contribution < -0.4 is 5.73 Å². The van der Waals surface area contributed by atoms with Crippen molar-refractivity contribution in [3.63, 3.8) is 0 Å². The van der Waals surface area contributed by atoms with E-state index >= 15 is 0 Å². The van der Waals surface area contributed by atoms with Crippen molar-refractivity contribution in [3.05, 3.63) is 35.4 Å². The molecule has 0 aliphatic rings. The molecule has 1 aromatic carbocycles. The summed E-state index contributed by atoms with van der Waals surface area (Å²) in [6.45, 7) is 3.65. The van der Waals surface area contributed by atoms with Crippen molar-refractivity contribution in [3.8, 4) is 0 Å². The van der Waals surface area contributed by atoms with Gasteiger partial charge < -0.3 is 5.73 Å².